The number of hydrogen-bond acceptors (Lipinski definition) is 8. The molecule has 0 radical (unpaired) electrons. The predicted octanol–water partition coefficient (Wildman–Crippen LogP) is 2.03. The molecule has 176 valence electrons. The number of pyridine rings is 1. The highest BCUT2D eigenvalue weighted by molar-refractivity contribution is 6.01. The Labute approximate surface area is 195 Å². The third-order valence-electron chi connectivity index (χ3n) is 5.29. The largest absolute Gasteiger partial charge is 0.478 e. The van der Waals surface area contributed by atoms with Crippen LogP contribution in [0.1, 0.15) is 33.9 Å². The molecule has 0 fully saturated rings. The molecular weight excluding hydrogens is 440 g/mol. The number of anilines is 3. The first-order valence-corrected chi connectivity index (χ1v) is 10.4. The van der Waals surface area contributed by atoms with E-state index in [4.69, 9.17) is 10.2 Å². The Balaban J connectivity index is 1.75. The quantitative estimate of drug-likeness (QED) is 0.392. The number of carboxylic acid groups (broad SMARTS) is 1. The molecule has 11 nitrogen and oxygen atoms in total. The molecule has 0 aliphatic carbocycles. The molecule has 2 atom stereocenters. The monoisotopic (exact) mass is 464 g/mol. The first-order valence-electron chi connectivity index (χ1n) is 10.4. The smallest absolute Gasteiger partial charge is 0.338 e. The zero-order chi connectivity index (χ0) is 24.4. The fourth-order valence-electron chi connectivity index (χ4n) is 3.95. The highest BCUT2D eigenvalue weighted by Crippen LogP contribution is 2.47. The van der Waals surface area contributed by atoms with Gasteiger partial charge in [0.15, 0.2) is 12.0 Å². The normalized spacial score (nSPS) is 15.5. The van der Waals surface area contributed by atoms with Crippen LogP contribution in [0.4, 0.5) is 17.2 Å². The molecule has 2 aromatic heterocycles. The number of carbonyl (C=O) groups excluding carboxylic acids is 2. The number of nitrogens with zero attached hydrogens (tertiary/aromatic N) is 3. The van der Waals surface area contributed by atoms with Gasteiger partial charge < -0.3 is 35.7 Å². The number of nitrogens with two attached hydrogens (primary N) is 1. The summed E-state index contributed by atoms with van der Waals surface area (Å²) in [5.41, 5.74) is 7.08. The lowest BCUT2D eigenvalue weighted by Crippen LogP contribution is -2.40. The van der Waals surface area contributed by atoms with E-state index in [0.29, 0.717) is 22.8 Å². The molecule has 5 N–H and O–H groups in total. The van der Waals surface area contributed by atoms with Crippen LogP contribution in [0.15, 0.2) is 59.3 Å². The number of fused-ring (bicyclic) bond motifs is 1. The van der Waals surface area contributed by atoms with Gasteiger partial charge in [0.2, 0.25) is 11.8 Å². The van der Waals surface area contributed by atoms with E-state index in [-0.39, 0.29) is 23.7 Å². The van der Waals surface area contributed by atoms with Crippen molar-refractivity contribution < 1.29 is 23.9 Å². The minimum absolute atomic E-state index is 0.0367. The maximum Gasteiger partial charge on any atom is 0.338 e. The minimum atomic E-state index is -1.17. The molecule has 1 aliphatic heterocycles. The summed E-state index contributed by atoms with van der Waals surface area (Å²) in [4.78, 5) is 44.4. The van der Waals surface area contributed by atoms with E-state index < -0.39 is 24.1 Å². The topological polar surface area (TPSA) is 154 Å². The molecule has 11 heteroatoms. The van der Waals surface area contributed by atoms with Crippen molar-refractivity contribution in [3.8, 4) is 0 Å². The van der Waals surface area contributed by atoms with Crippen molar-refractivity contribution in [2.75, 3.05) is 36.2 Å². The van der Waals surface area contributed by atoms with Crippen LogP contribution in [-0.4, -0.2) is 53.4 Å². The average Bonchev–Trinajstić information content (AvgIpc) is 3.42. The molecule has 0 saturated heterocycles. The minimum Gasteiger partial charge on any atom is -0.478 e. The predicted molar refractivity (Wildman–Crippen MR) is 124 cm³/mol. The Morgan fingerprint density at radius 2 is 1.97 bits per heavy atom. The van der Waals surface area contributed by atoms with Crippen LogP contribution < -0.4 is 21.3 Å². The number of aromatic nitrogens is 1. The van der Waals surface area contributed by atoms with Gasteiger partial charge >= 0.3 is 5.97 Å². The van der Waals surface area contributed by atoms with Crippen molar-refractivity contribution in [1.82, 2.24) is 9.88 Å². The van der Waals surface area contributed by atoms with Gasteiger partial charge in [-0.3, -0.25) is 9.59 Å². The van der Waals surface area contributed by atoms with Crippen LogP contribution in [0, 0.1) is 0 Å². The van der Waals surface area contributed by atoms with E-state index in [0.717, 1.165) is 0 Å². The number of amides is 2. The molecule has 3 heterocycles. The summed E-state index contributed by atoms with van der Waals surface area (Å²) >= 11 is 0. The maximum atomic E-state index is 12.8. The van der Waals surface area contributed by atoms with Gasteiger partial charge in [0.05, 0.1) is 24.1 Å². The van der Waals surface area contributed by atoms with E-state index in [2.05, 4.69) is 15.6 Å². The SMILES string of the molecule is CN(C)CC(=O)Nc1ccc(C(C(N)=O)N2c3c(C(=O)O)ccnc3NC2c2ccco2)cc1. The van der Waals surface area contributed by atoms with Gasteiger partial charge in [-0.25, -0.2) is 9.78 Å². The lowest BCUT2D eigenvalue weighted by atomic mass is 10.0. The van der Waals surface area contributed by atoms with Crippen molar-refractivity contribution in [3.05, 3.63) is 71.8 Å². The molecular formula is C23H24N6O5. The lowest BCUT2D eigenvalue weighted by molar-refractivity contribution is -0.119. The summed E-state index contributed by atoms with van der Waals surface area (Å²) in [5, 5.41) is 15.7. The fraction of sp³-hybridized carbons (Fsp3) is 0.217. The van der Waals surface area contributed by atoms with Crippen molar-refractivity contribution in [2.24, 2.45) is 5.73 Å². The van der Waals surface area contributed by atoms with Gasteiger partial charge in [0.25, 0.3) is 0 Å². The Morgan fingerprint density at radius 3 is 2.56 bits per heavy atom. The number of nitrogens with one attached hydrogen (secondary N) is 2. The van der Waals surface area contributed by atoms with Crippen LogP contribution in [0.2, 0.25) is 0 Å². The fourth-order valence-corrected chi connectivity index (χ4v) is 3.95. The zero-order valence-electron chi connectivity index (χ0n) is 18.6. The number of benzene rings is 1. The summed E-state index contributed by atoms with van der Waals surface area (Å²) in [6, 6.07) is 10.3. The number of aromatic carboxylic acids is 1. The number of carbonyl (C=O) groups is 3. The van der Waals surface area contributed by atoms with E-state index in [1.807, 2.05) is 0 Å². The van der Waals surface area contributed by atoms with Crippen molar-refractivity contribution in [1.29, 1.82) is 0 Å². The lowest BCUT2D eigenvalue weighted by Gasteiger charge is -2.32. The average molecular weight is 464 g/mol. The first-order chi connectivity index (χ1) is 16.3. The van der Waals surface area contributed by atoms with Crippen LogP contribution in [0.25, 0.3) is 0 Å². The van der Waals surface area contributed by atoms with E-state index >= 15 is 0 Å². The van der Waals surface area contributed by atoms with Crippen LogP contribution >= 0.6 is 0 Å². The molecule has 1 aliphatic rings. The van der Waals surface area contributed by atoms with E-state index in [1.165, 1.54) is 18.5 Å². The summed E-state index contributed by atoms with van der Waals surface area (Å²) in [7, 11) is 3.58. The molecule has 4 rings (SSSR count). The third-order valence-corrected chi connectivity index (χ3v) is 5.29. The second-order valence-electron chi connectivity index (χ2n) is 8.04. The second kappa shape index (κ2) is 9.24. The van der Waals surface area contributed by atoms with Gasteiger partial charge in [-0.05, 0) is 50.0 Å². The summed E-state index contributed by atoms with van der Waals surface area (Å²) in [6.45, 7) is 0.220. The zero-order valence-corrected chi connectivity index (χ0v) is 18.6. The van der Waals surface area contributed by atoms with Gasteiger partial charge in [-0.15, -0.1) is 0 Å². The Morgan fingerprint density at radius 1 is 1.24 bits per heavy atom. The Hall–Kier alpha value is -4.38. The van der Waals surface area contributed by atoms with Crippen LogP contribution in [-0.2, 0) is 9.59 Å². The number of hydrogen-bond donors (Lipinski definition) is 4. The van der Waals surface area contributed by atoms with Gasteiger partial charge in [-0.2, -0.15) is 0 Å². The number of furan rings is 1. The molecule has 2 unspecified atom stereocenters. The maximum absolute atomic E-state index is 12.8. The molecule has 3 aromatic rings. The summed E-state index contributed by atoms with van der Waals surface area (Å²) in [6.07, 6.45) is 2.13. The number of likely N-dealkylation sites (N-methyl/N-ethyl adjacent to an activating group) is 1. The van der Waals surface area contributed by atoms with Crippen LogP contribution in [0.3, 0.4) is 0 Å². The highest BCUT2D eigenvalue weighted by Gasteiger charge is 2.42. The van der Waals surface area contributed by atoms with E-state index in [1.54, 1.807) is 60.3 Å². The molecule has 0 bridgehead atoms. The standard InChI is InChI=1S/C23H24N6O5/c1-28(2)12-17(30)26-14-7-5-13(6-8-14)18(20(24)31)29-19-15(23(32)33)9-10-25-21(19)27-22(29)16-4-3-11-34-16/h3-11,18,22H,12H2,1-2H3,(H2,24,31)(H,25,27)(H,26,30)(H,32,33). The second-order valence-corrected chi connectivity index (χ2v) is 8.04. The van der Waals surface area contributed by atoms with Gasteiger partial charge in [0.1, 0.15) is 11.8 Å². The van der Waals surface area contributed by atoms with Crippen molar-refractivity contribution in [3.63, 3.8) is 0 Å². The number of rotatable bonds is 8. The van der Waals surface area contributed by atoms with Gasteiger partial charge in [0, 0.05) is 11.9 Å². The molecule has 1 aromatic carbocycles. The first kappa shape index (κ1) is 22.8. The van der Waals surface area contributed by atoms with Crippen LogP contribution in [0.5, 0.6) is 0 Å². The number of carboxylic acids is 1. The molecule has 0 saturated carbocycles. The summed E-state index contributed by atoms with van der Waals surface area (Å²) in [5.74, 6) is -1.31. The Kier molecular flexibility index (Phi) is 6.19. The molecule has 34 heavy (non-hydrogen) atoms. The van der Waals surface area contributed by atoms with E-state index in [9.17, 15) is 19.5 Å². The molecule has 2 amide bonds. The van der Waals surface area contributed by atoms with Crippen molar-refractivity contribution >= 4 is 35.0 Å². The third kappa shape index (κ3) is 4.41. The summed E-state index contributed by atoms with van der Waals surface area (Å²) < 4.78 is 5.56. The van der Waals surface area contributed by atoms with Gasteiger partial charge in [-0.1, -0.05) is 12.1 Å². The highest BCUT2D eigenvalue weighted by atomic mass is 16.4. The van der Waals surface area contributed by atoms with Crippen molar-refractivity contribution in [2.45, 2.75) is 12.2 Å². The molecule has 0 spiro atoms. The number of primary amides is 1. The Bertz CT molecular complexity index is 1210.